The van der Waals surface area contributed by atoms with Crippen LogP contribution in [0.3, 0.4) is 0 Å². The number of primary sulfonamides is 1. The second kappa shape index (κ2) is 9.91. The zero-order chi connectivity index (χ0) is 22.4. The normalized spacial score (nSPS) is 12.2. The molecule has 0 unspecified atom stereocenters. The maximum Gasteiger partial charge on any atom is 0.231 e. The van der Waals surface area contributed by atoms with Gasteiger partial charge in [0.1, 0.15) is 5.75 Å². The van der Waals surface area contributed by atoms with Crippen LogP contribution in [-0.2, 0) is 14.8 Å². The van der Waals surface area contributed by atoms with E-state index in [1.807, 2.05) is 39.8 Å². The lowest BCUT2D eigenvalue weighted by molar-refractivity contribution is -0.124. The van der Waals surface area contributed by atoms with Crippen LogP contribution in [0.5, 0.6) is 5.75 Å². The Bertz CT molecular complexity index is 1010. The van der Waals surface area contributed by atoms with Crippen molar-refractivity contribution >= 4 is 27.7 Å². The fraction of sp³-hybridized carbons (Fsp3) is 0.348. The summed E-state index contributed by atoms with van der Waals surface area (Å²) in [6, 6.07) is 13.0. The summed E-state index contributed by atoms with van der Waals surface area (Å²) in [5, 5.41) is 8.79. The maximum atomic E-state index is 12.7. The van der Waals surface area contributed by atoms with Crippen molar-refractivity contribution in [1.29, 1.82) is 0 Å². The van der Waals surface area contributed by atoms with E-state index in [-0.39, 0.29) is 5.91 Å². The summed E-state index contributed by atoms with van der Waals surface area (Å²) in [7, 11) is -3.66. The third kappa shape index (κ3) is 7.65. The molecule has 6 nitrogen and oxygen atoms in total. The highest BCUT2D eigenvalue weighted by Gasteiger charge is 2.27. The highest BCUT2D eigenvalue weighted by molar-refractivity contribution is 7.92. The number of ether oxygens (including phenoxy) is 1. The van der Waals surface area contributed by atoms with E-state index in [0.717, 1.165) is 28.7 Å². The first-order valence-corrected chi connectivity index (χ1v) is 11.4. The molecule has 0 radical (unpaired) electrons. The summed E-state index contributed by atoms with van der Waals surface area (Å²) in [5.74, 6) is 0.802. The van der Waals surface area contributed by atoms with Gasteiger partial charge in [-0.3, -0.25) is 4.79 Å². The van der Waals surface area contributed by atoms with Gasteiger partial charge in [-0.2, -0.15) is 0 Å². The first-order chi connectivity index (χ1) is 14.0. The molecule has 30 heavy (non-hydrogen) atoms. The Labute approximate surface area is 179 Å². The van der Waals surface area contributed by atoms with E-state index in [2.05, 4.69) is 11.4 Å². The third-order valence-electron chi connectivity index (χ3n) is 4.78. The highest BCUT2D eigenvalue weighted by atomic mass is 32.2. The van der Waals surface area contributed by atoms with Crippen LogP contribution in [0.1, 0.15) is 43.4 Å². The fourth-order valence-electron chi connectivity index (χ4n) is 2.82. The largest absolute Gasteiger partial charge is 0.493 e. The number of carbonyl (C=O) groups excluding carboxylic acids is 1. The Morgan fingerprint density at radius 3 is 2.43 bits per heavy atom. The van der Waals surface area contributed by atoms with Gasteiger partial charge in [0.15, 0.2) is 0 Å². The number of anilines is 1. The predicted octanol–water partition coefficient (Wildman–Crippen LogP) is 4.39. The maximum absolute atomic E-state index is 12.7. The van der Waals surface area contributed by atoms with E-state index in [0.29, 0.717) is 24.3 Å². The molecule has 0 aliphatic rings. The summed E-state index contributed by atoms with van der Waals surface area (Å²) in [5.41, 5.74) is 3.01. The van der Waals surface area contributed by atoms with Gasteiger partial charge in [-0.05, 0) is 67.7 Å². The Morgan fingerprint density at radius 2 is 1.80 bits per heavy atom. The molecule has 2 aromatic carbocycles. The molecule has 162 valence electrons. The Hall–Kier alpha value is -2.64. The number of hydrogen-bond acceptors (Lipinski definition) is 4. The van der Waals surface area contributed by atoms with Crippen molar-refractivity contribution in [1.82, 2.24) is 0 Å². The highest BCUT2D eigenvalue weighted by Crippen LogP contribution is 2.26. The minimum atomic E-state index is -3.66. The van der Waals surface area contributed by atoms with Gasteiger partial charge in [-0.1, -0.05) is 38.1 Å². The monoisotopic (exact) mass is 430 g/mol. The summed E-state index contributed by atoms with van der Waals surface area (Å²) < 4.78 is 27.8. The molecule has 0 saturated heterocycles. The van der Waals surface area contributed by atoms with Gasteiger partial charge < -0.3 is 10.1 Å². The zero-order valence-corrected chi connectivity index (χ0v) is 18.8. The summed E-state index contributed by atoms with van der Waals surface area (Å²) in [4.78, 5) is 12.7. The van der Waals surface area contributed by atoms with E-state index < -0.39 is 15.4 Å². The van der Waals surface area contributed by atoms with Crippen molar-refractivity contribution in [3.63, 3.8) is 0 Å². The second-order valence-electron chi connectivity index (χ2n) is 8.07. The molecule has 7 heteroatoms. The Kier molecular flexibility index (Phi) is 7.81. The van der Waals surface area contributed by atoms with Crippen LogP contribution < -0.4 is 15.2 Å². The van der Waals surface area contributed by atoms with Crippen molar-refractivity contribution in [3.05, 3.63) is 64.6 Å². The lowest BCUT2D eigenvalue weighted by Gasteiger charge is -2.23. The van der Waals surface area contributed by atoms with Crippen molar-refractivity contribution in [3.8, 4) is 5.75 Å². The summed E-state index contributed by atoms with van der Waals surface area (Å²) in [6.07, 6.45) is 2.84. The molecule has 0 heterocycles. The van der Waals surface area contributed by atoms with Crippen molar-refractivity contribution in [2.75, 3.05) is 11.9 Å². The number of aryl methyl sites for hydroxylation is 2. The molecule has 0 saturated carbocycles. The molecule has 0 fully saturated rings. The van der Waals surface area contributed by atoms with Crippen LogP contribution in [-0.4, -0.2) is 20.9 Å². The summed E-state index contributed by atoms with van der Waals surface area (Å²) in [6.45, 7) is 8.41. The standard InChI is InChI=1S/C23H30N2O4S/c1-17-6-7-18(2)21(16-17)29-14-5-13-23(3,4)22(26)25-20-10-8-19(9-11-20)12-15-30(24,27)28/h6-12,15-16H,5,13-14H2,1-4H3,(H,25,26)(H2,24,27,28). The molecule has 0 spiro atoms. The number of hydrogen-bond donors (Lipinski definition) is 2. The fourth-order valence-corrected chi connectivity index (χ4v) is 3.17. The zero-order valence-electron chi connectivity index (χ0n) is 17.9. The molecule has 0 atom stereocenters. The SMILES string of the molecule is Cc1ccc(C)c(OCCCC(C)(C)C(=O)Nc2ccc(C=CS(N)(=O)=O)cc2)c1. The Morgan fingerprint density at radius 1 is 1.13 bits per heavy atom. The molecule has 0 aliphatic heterocycles. The molecule has 0 aliphatic carbocycles. The number of rotatable bonds is 9. The predicted molar refractivity (Wildman–Crippen MR) is 122 cm³/mol. The van der Waals surface area contributed by atoms with E-state index in [4.69, 9.17) is 9.88 Å². The van der Waals surface area contributed by atoms with E-state index >= 15 is 0 Å². The topological polar surface area (TPSA) is 98.5 Å². The molecule has 0 aromatic heterocycles. The van der Waals surface area contributed by atoms with E-state index in [9.17, 15) is 13.2 Å². The van der Waals surface area contributed by atoms with Crippen molar-refractivity contribution in [2.45, 2.75) is 40.5 Å². The lowest BCUT2D eigenvalue weighted by Crippen LogP contribution is -2.31. The minimum absolute atomic E-state index is 0.0814. The Balaban J connectivity index is 1.86. The van der Waals surface area contributed by atoms with E-state index in [1.165, 1.54) is 6.08 Å². The molecule has 3 N–H and O–H groups in total. The molecular formula is C23H30N2O4S. The summed E-state index contributed by atoms with van der Waals surface area (Å²) >= 11 is 0. The average molecular weight is 431 g/mol. The number of nitrogens with one attached hydrogen (secondary N) is 1. The van der Waals surface area contributed by atoms with Gasteiger partial charge >= 0.3 is 0 Å². The van der Waals surface area contributed by atoms with Crippen LogP contribution in [0.25, 0.3) is 6.08 Å². The van der Waals surface area contributed by atoms with Gasteiger partial charge in [0.05, 0.1) is 6.61 Å². The smallest absolute Gasteiger partial charge is 0.231 e. The lowest BCUT2D eigenvalue weighted by atomic mass is 9.87. The van der Waals surface area contributed by atoms with Gasteiger partial charge in [0.2, 0.25) is 15.9 Å². The minimum Gasteiger partial charge on any atom is -0.493 e. The van der Waals surface area contributed by atoms with Gasteiger partial charge in [-0.15, -0.1) is 0 Å². The van der Waals surface area contributed by atoms with Crippen molar-refractivity contribution in [2.24, 2.45) is 10.6 Å². The second-order valence-corrected chi connectivity index (χ2v) is 9.52. The van der Waals surface area contributed by atoms with Gasteiger partial charge in [0.25, 0.3) is 0 Å². The number of amides is 1. The van der Waals surface area contributed by atoms with Crippen LogP contribution in [0, 0.1) is 19.3 Å². The van der Waals surface area contributed by atoms with Gasteiger partial charge in [0, 0.05) is 16.5 Å². The first-order valence-electron chi connectivity index (χ1n) is 9.79. The third-order valence-corrected chi connectivity index (χ3v) is 5.30. The van der Waals surface area contributed by atoms with Crippen molar-refractivity contribution < 1.29 is 17.9 Å². The molecule has 2 aromatic rings. The molecule has 1 amide bonds. The molecule has 2 rings (SSSR count). The first kappa shape index (κ1) is 23.6. The van der Waals surface area contributed by atoms with Crippen LogP contribution in [0.4, 0.5) is 5.69 Å². The van der Waals surface area contributed by atoms with Crippen LogP contribution in [0.15, 0.2) is 47.9 Å². The molecule has 0 bridgehead atoms. The number of carbonyl (C=O) groups is 1. The quantitative estimate of drug-likeness (QED) is 0.577. The van der Waals surface area contributed by atoms with Gasteiger partial charge in [-0.25, -0.2) is 13.6 Å². The number of nitrogens with two attached hydrogens (primary N) is 1. The number of sulfonamides is 1. The average Bonchev–Trinajstić information content (AvgIpc) is 2.66. The number of benzene rings is 2. The van der Waals surface area contributed by atoms with Crippen LogP contribution in [0.2, 0.25) is 0 Å². The van der Waals surface area contributed by atoms with Crippen LogP contribution >= 0.6 is 0 Å². The van der Waals surface area contributed by atoms with E-state index in [1.54, 1.807) is 24.3 Å². The molecular weight excluding hydrogens is 400 g/mol.